The smallest absolute Gasteiger partial charge is 0.230 e. The minimum atomic E-state index is -0.416. The summed E-state index contributed by atoms with van der Waals surface area (Å²) in [5.41, 5.74) is 0.333. The average molecular weight is 534 g/mol. The van der Waals surface area contributed by atoms with E-state index in [2.05, 4.69) is 10.6 Å². The summed E-state index contributed by atoms with van der Waals surface area (Å²) in [7, 11) is 8.35. The Hall–Kier alpha value is -1.91. The second kappa shape index (κ2) is 12.1. The molecule has 170 valence electrons. The van der Waals surface area contributed by atoms with Crippen LogP contribution in [-0.4, -0.2) is 65.3 Å². The number of hydrogen-bond acceptors (Lipinski definition) is 5. The zero-order valence-corrected chi connectivity index (χ0v) is 21.2. The fraction of sp³-hybridized carbons (Fsp3) is 0.619. The van der Waals surface area contributed by atoms with Gasteiger partial charge in [0.25, 0.3) is 0 Å². The van der Waals surface area contributed by atoms with Crippen LogP contribution in [0.1, 0.15) is 32.6 Å². The first-order valence-electron chi connectivity index (χ1n) is 9.98. The number of amides is 1. The molecule has 9 heteroatoms. The minimum absolute atomic E-state index is 0. The van der Waals surface area contributed by atoms with Crippen LogP contribution >= 0.6 is 24.0 Å². The van der Waals surface area contributed by atoms with E-state index < -0.39 is 5.41 Å². The van der Waals surface area contributed by atoms with E-state index in [0.717, 1.165) is 31.4 Å². The summed E-state index contributed by atoms with van der Waals surface area (Å²) in [6.07, 6.45) is 3.87. The van der Waals surface area contributed by atoms with Crippen LogP contribution in [0.2, 0.25) is 0 Å². The molecule has 0 radical (unpaired) electrons. The lowest BCUT2D eigenvalue weighted by atomic mass is 9.85. The summed E-state index contributed by atoms with van der Waals surface area (Å²) in [5.74, 6) is 2.41. The van der Waals surface area contributed by atoms with Gasteiger partial charge in [-0.05, 0) is 19.8 Å². The molecule has 1 saturated carbocycles. The van der Waals surface area contributed by atoms with Gasteiger partial charge in [0.15, 0.2) is 17.5 Å². The number of halogens is 1. The van der Waals surface area contributed by atoms with E-state index in [9.17, 15) is 4.79 Å². The number of aliphatic imine (C=N–C) groups is 1. The van der Waals surface area contributed by atoms with Gasteiger partial charge in [-0.25, -0.2) is 0 Å². The van der Waals surface area contributed by atoms with E-state index in [1.54, 1.807) is 26.2 Å². The van der Waals surface area contributed by atoms with Crippen molar-refractivity contribution in [1.82, 2.24) is 10.2 Å². The van der Waals surface area contributed by atoms with E-state index >= 15 is 0 Å². The zero-order chi connectivity index (χ0) is 21.4. The molecule has 1 fully saturated rings. The van der Waals surface area contributed by atoms with Gasteiger partial charge < -0.3 is 29.7 Å². The molecule has 1 aromatic rings. The molecule has 8 nitrogen and oxygen atoms in total. The molecule has 1 aliphatic rings. The molecule has 0 bridgehead atoms. The maximum atomic E-state index is 12.8. The van der Waals surface area contributed by atoms with Crippen molar-refractivity contribution in [2.75, 3.05) is 53.8 Å². The van der Waals surface area contributed by atoms with Gasteiger partial charge in [0.1, 0.15) is 0 Å². The summed E-state index contributed by atoms with van der Waals surface area (Å²) in [6.45, 7) is 3.15. The molecule has 1 amide bonds. The zero-order valence-electron chi connectivity index (χ0n) is 18.8. The van der Waals surface area contributed by atoms with E-state index in [-0.39, 0.29) is 29.9 Å². The highest BCUT2D eigenvalue weighted by Crippen LogP contribution is 2.41. The molecule has 2 N–H and O–H groups in total. The van der Waals surface area contributed by atoms with Gasteiger partial charge >= 0.3 is 0 Å². The monoisotopic (exact) mass is 534 g/mol. The molecule has 0 aromatic heterocycles. The van der Waals surface area contributed by atoms with Crippen molar-refractivity contribution >= 4 is 41.5 Å². The van der Waals surface area contributed by atoms with Gasteiger partial charge in [0.2, 0.25) is 11.7 Å². The highest BCUT2D eigenvalue weighted by Gasteiger charge is 2.42. The van der Waals surface area contributed by atoms with Gasteiger partial charge in [-0.15, -0.1) is 24.0 Å². The van der Waals surface area contributed by atoms with Crippen LogP contribution in [0, 0.1) is 5.41 Å². The van der Waals surface area contributed by atoms with E-state index in [1.807, 2.05) is 33.2 Å². The van der Waals surface area contributed by atoms with Gasteiger partial charge in [0, 0.05) is 38.5 Å². The second-order valence-corrected chi connectivity index (χ2v) is 7.42. The number of benzene rings is 1. The molecule has 0 saturated heterocycles. The van der Waals surface area contributed by atoms with Gasteiger partial charge in [-0.1, -0.05) is 12.8 Å². The van der Waals surface area contributed by atoms with Crippen LogP contribution < -0.4 is 24.8 Å². The Morgan fingerprint density at radius 1 is 1.10 bits per heavy atom. The van der Waals surface area contributed by atoms with E-state index in [1.165, 1.54) is 0 Å². The molecule has 0 aliphatic heterocycles. The fourth-order valence-corrected chi connectivity index (χ4v) is 3.79. The summed E-state index contributed by atoms with van der Waals surface area (Å²) in [4.78, 5) is 19.2. The van der Waals surface area contributed by atoms with Crippen LogP contribution in [0.3, 0.4) is 0 Å². The van der Waals surface area contributed by atoms with Crippen molar-refractivity contribution in [3.05, 3.63) is 12.1 Å². The van der Waals surface area contributed by atoms with Crippen LogP contribution in [0.5, 0.6) is 17.2 Å². The molecule has 1 aromatic carbocycles. The Labute approximate surface area is 196 Å². The summed E-state index contributed by atoms with van der Waals surface area (Å²) < 4.78 is 16.2. The SMILES string of the molecule is CCNC(=NCC1(C(=O)N(C)C)CCCC1)Nc1cc(OC)c(OC)c(OC)c1.I. The van der Waals surface area contributed by atoms with Crippen LogP contribution in [-0.2, 0) is 4.79 Å². The Kier molecular flexibility index (Phi) is 10.5. The molecule has 0 unspecified atom stereocenters. The van der Waals surface area contributed by atoms with Crippen molar-refractivity contribution in [3.8, 4) is 17.2 Å². The molecular formula is C21H35IN4O4. The van der Waals surface area contributed by atoms with Crippen molar-refractivity contribution in [1.29, 1.82) is 0 Å². The third kappa shape index (κ3) is 6.05. The summed E-state index contributed by atoms with van der Waals surface area (Å²) in [6, 6.07) is 3.65. The van der Waals surface area contributed by atoms with Gasteiger partial charge in [-0.2, -0.15) is 0 Å². The topological polar surface area (TPSA) is 84.4 Å². The Morgan fingerprint density at radius 2 is 1.67 bits per heavy atom. The first-order valence-corrected chi connectivity index (χ1v) is 9.98. The van der Waals surface area contributed by atoms with Crippen LogP contribution in [0.15, 0.2) is 17.1 Å². The largest absolute Gasteiger partial charge is 0.493 e. The third-order valence-corrected chi connectivity index (χ3v) is 5.23. The fourth-order valence-electron chi connectivity index (χ4n) is 3.79. The predicted molar refractivity (Wildman–Crippen MR) is 131 cm³/mol. The Bertz CT molecular complexity index is 709. The average Bonchev–Trinajstić information content (AvgIpc) is 3.20. The lowest BCUT2D eigenvalue weighted by Crippen LogP contribution is -2.41. The van der Waals surface area contributed by atoms with Gasteiger partial charge in [-0.3, -0.25) is 9.79 Å². The number of methoxy groups -OCH3 is 3. The number of rotatable bonds is 8. The molecule has 1 aliphatic carbocycles. The number of hydrogen-bond donors (Lipinski definition) is 2. The van der Waals surface area contributed by atoms with Crippen molar-refractivity contribution in [3.63, 3.8) is 0 Å². The molecule has 30 heavy (non-hydrogen) atoms. The van der Waals surface area contributed by atoms with E-state index in [4.69, 9.17) is 19.2 Å². The standard InChI is InChI=1S/C21H34N4O4.HI/c1-7-22-20(23-14-21(10-8-9-11-21)19(26)25(2)3)24-15-12-16(27-4)18(29-6)17(13-15)28-5;/h12-13H,7-11,14H2,1-6H3,(H2,22,23,24);1H. The minimum Gasteiger partial charge on any atom is -0.493 e. The number of ether oxygens (including phenoxy) is 3. The van der Waals surface area contributed by atoms with Crippen LogP contribution in [0.4, 0.5) is 5.69 Å². The van der Waals surface area contributed by atoms with Crippen molar-refractivity contribution in [2.24, 2.45) is 10.4 Å². The number of carbonyl (C=O) groups is 1. The highest BCUT2D eigenvalue weighted by molar-refractivity contribution is 14.0. The van der Waals surface area contributed by atoms with Crippen molar-refractivity contribution in [2.45, 2.75) is 32.6 Å². The van der Waals surface area contributed by atoms with Gasteiger partial charge in [0.05, 0.1) is 33.3 Å². The Balaban J connectivity index is 0.00000450. The molecule has 2 rings (SSSR count). The molecule has 0 heterocycles. The lowest BCUT2D eigenvalue weighted by Gasteiger charge is -2.29. The first-order chi connectivity index (χ1) is 13.9. The molecule has 0 atom stereocenters. The van der Waals surface area contributed by atoms with E-state index in [0.29, 0.717) is 36.3 Å². The lowest BCUT2D eigenvalue weighted by molar-refractivity contribution is -0.138. The first kappa shape index (κ1) is 26.1. The maximum absolute atomic E-state index is 12.8. The number of carbonyl (C=O) groups excluding carboxylic acids is 1. The number of nitrogens with zero attached hydrogens (tertiary/aromatic N) is 2. The van der Waals surface area contributed by atoms with Crippen molar-refractivity contribution < 1.29 is 19.0 Å². The number of guanidine groups is 1. The predicted octanol–water partition coefficient (Wildman–Crippen LogP) is 3.36. The summed E-state index contributed by atoms with van der Waals surface area (Å²) >= 11 is 0. The highest BCUT2D eigenvalue weighted by atomic mass is 127. The Morgan fingerprint density at radius 3 is 2.10 bits per heavy atom. The normalized spacial score (nSPS) is 15.1. The third-order valence-electron chi connectivity index (χ3n) is 5.23. The quantitative estimate of drug-likeness (QED) is 0.303. The van der Waals surface area contributed by atoms with Crippen LogP contribution in [0.25, 0.3) is 0 Å². The summed E-state index contributed by atoms with van der Waals surface area (Å²) in [5, 5.41) is 6.53. The second-order valence-electron chi connectivity index (χ2n) is 7.42. The number of anilines is 1. The molecule has 0 spiro atoms. The number of nitrogens with one attached hydrogen (secondary N) is 2. The molecular weight excluding hydrogens is 499 g/mol. The maximum Gasteiger partial charge on any atom is 0.230 e.